The zero-order valence-corrected chi connectivity index (χ0v) is 8.81. The van der Waals surface area contributed by atoms with Crippen LogP contribution in [0.15, 0.2) is 18.2 Å². The number of benzene rings is 1. The van der Waals surface area contributed by atoms with Gasteiger partial charge in [-0.1, -0.05) is 25.5 Å². The highest BCUT2D eigenvalue weighted by atomic mass is 19.4. The Balaban J connectivity index is 3.23. The first kappa shape index (κ1) is 13.0. The zero-order chi connectivity index (χ0) is 12.3. The molecule has 0 saturated heterocycles. The smallest absolute Gasteiger partial charge is 0.324 e. The summed E-state index contributed by atoms with van der Waals surface area (Å²) in [7, 11) is 0. The fraction of sp³-hybridized carbons (Fsp3) is 0.455. The molecule has 0 heterocycles. The molecule has 90 valence electrons. The molecule has 1 rings (SSSR count). The van der Waals surface area contributed by atoms with Crippen molar-refractivity contribution >= 4 is 0 Å². The lowest BCUT2D eigenvalue weighted by atomic mass is 9.97. The second-order valence-corrected chi connectivity index (χ2v) is 3.60. The van der Waals surface area contributed by atoms with Crippen LogP contribution in [0.4, 0.5) is 17.6 Å². The van der Waals surface area contributed by atoms with Crippen LogP contribution in [-0.2, 0) is 6.18 Å². The number of alkyl halides is 3. The molecule has 0 saturated carbocycles. The van der Waals surface area contributed by atoms with Crippen molar-refractivity contribution in [1.29, 1.82) is 0 Å². The number of rotatable bonds is 3. The second-order valence-electron chi connectivity index (χ2n) is 3.60. The van der Waals surface area contributed by atoms with Crippen LogP contribution in [0.3, 0.4) is 0 Å². The fourth-order valence-corrected chi connectivity index (χ4v) is 1.62. The van der Waals surface area contributed by atoms with Gasteiger partial charge < -0.3 is 5.73 Å². The Morgan fingerprint density at radius 3 is 2.44 bits per heavy atom. The third-order valence-corrected chi connectivity index (χ3v) is 2.33. The van der Waals surface area contributed by atoms with Gasteiger partial charge in [0.05, 0.1) is 5.56 Å². The van der Waals surface area contributed by atoms with Crippen molar-refractivity contribution in [3.05, 3.63) is 35.1 Å². The Hall–Kier alpha value is -1.10. The van der Waals surface area contributed by atoms with E-state index in [0.717, 1.165) is 6.07 Å². The van der Waals surface area contributed by atoms with E-state index in [-0.39, 0.29) is 5.56 Å². The molecule has 1 atom stereocenters. The maximum atomic E-state index is 13.2. The maximum Gasteiger partial charge on any atom is 0.419 e. The van der Waals surface area contributed by atoms with Crippen LogP contribution in [0, 0.1) is 5.82 Å². The Labute approximate surface area is 91.3 Å². The van der Waals surface area contributed by atoms with E-state index in [0.29, 0.717) is 12.8 Å². The van der Waals surface area contributed by atoms with Crippen LogP contribution >= 0.6 is 0 Å². The Bertz CT molecular complexity index is 359. The highest BCUT2D eigenvalue weighted by molar-refractivity contribution is 5.33. The Morgan fingerprint density at radius 1 is 1.31 bits per heavy atom. The summed E-state index contributed by atoms with van der Waals surface area (Å²) in [5, 5.41) is 0. The average Bonchev–Trinajstić information content (AvgIpc) is 2.15. The lowest BCUT2D eigenvalue weighted by Crippen LogP contribution is -2.19. The summed E-state index contributed by atoms with van der Waals surface area (Å²) in [5.41, 5.74) is 4.19. The van der Waals surface area contributed by atoms with Gasteiger partial charge in [0.1, 0.15) is 5.82 Å². The number of hydrogen-bond donors (Lipinski definition) is 1. The third kappa shape index (κ3) is 2.72. The standard InChI is InChI=1S/C11H13F4N/c1-2-4-9(16)7-5-3-6-8(12)10(7)11(13,14)15/h3,5-6,9H,2,4,16H2,1H3/t9-/m1/s1. The number of hydrogen-bond acceptors (Lipinski definition) is 1. The molecule has 0 bridgehead atoms. The number of nitrogens with two attached hydrogens (primary N) is 1. The topological polar surface area (TPSA) is 26.0 Å². The second kappa shape index (κ2) is 4.82. The van der Waals surface area contributed by atoms with E-state index in [4.69, 9.17) is 5.73 Å². The predicted molar refractivity (Wildman–Crippen MR) is 53.2 cm³/mol. The largest absolute Gasteiger partial charge is 0.419 e. The molecule has 2 N–H and O–H groups in total. The van der Waals surface area contributed by atoms with Crippen LogP contribution < -0.4 is 5.73 Å². The van der Waals surface area contributed by atoms with Gasteiger partial charge in [0.25, 0.3) is 0 Å². The molecule has 1 nitrogen and oxygen atoms in total. The summed E-state index contributed by atoms with van der Waals surface area (Å²) in [6, 6.07) is 2.49. The maximum absolute atomic E-state index is 13.2. The Kier molecular flexibility index (Phi) is 3.91. The van der Waals surface area contributed by atoms with Crippen LogP contribution in [0.25, 0.3) is 0 Å². The van der Waals surface area contributed by atoms with E-state index < -0.39 is 23.6 Å². The first-order chi connectivity index (χ1) is 7.38. The van der Waals surface area contributed by atoms with E-state index in [1.54, 1.807) is 0 Å². The summed E-state index contributed by atoms with van der Waals surface area (Å²) in [4.78, 5) is 0. The molecular weight excluding hydrogens is 222 g/mol. The summed E-state index contributed by atoms with van der Waals surface area (Å²) in [5.74, 6) is -1.27. The van der Waals surface area contributed by atoms with Crippen molar-refractivity contribution in [1.82, 2.24) is 0 Å². The van der Waals surface area contributed by atoms with Crippen LogP contribution in [0.5, 0.6) is 0 Å². The van der Waals surface area contributed by atoms with Gasteiger partial charge in [0, 0.05) is 6.04 Å². The van der Waals surface area contributed by atoms with Gasteiger partial charge in [0.2, 0.25) is 0 Å². The van der Waals surface area contributed by atoms with Crippen molar-refractivity contribution in [2.24, 2.45) is 5.73 Å². The molecule has 16 heavy (non-hydrogen) atoms. The molecular formula is C11H13F4N. The van der Waals surface area contributed by atoms with Crippen molar-refractivity contribution in [3.8, 4) is 0 Å². The van der Waals surface area contributed by atoms with Crippen LogP contribution in [0.1, 0.15) is 36.9 Å². The minimum atomic E-state index is -4.70. The van der Waals surface area contributed by atoms with Crippen molar-refractivity contribution in [3.63, 3.8) is 0 Å². The quantitative estimate of drug-likeness (QED) is 0.795. The molecule has 0 amide bonds. The molecule has 0 aliphatic carbocycles. The summed E-state index contributed by atoms with van der Waals surface area (Å²) >= 11 is 0. The van der Waals surface area contributed by atoms with E-state index in [9.17, 15) is 17.6 Å². The van der Waals surface area contributed by atoms with Crippen molar-refractivity contribution in [2.45, 2.75) is 32.0 Å². The SMILES string of the molecule is CCC[C@@H](N)c1cccc(F)c1C(F)(F)F. The van der Waals surface area contributed by atoms with Gasteiger partial charge in [-0.05, 0) is 18.1 Å². The van der Waals surface area contributed by atoms with Gasteiger partial charge in [-0.15, -0.1) is 0 Å². The fourth-order valence-electron chi connectivity index (χ4n) is 1.62. The molecule has 0 unspecified atom stereocenters. The van der Waals surface area contributed by atoms with E-state index in [2.05, 4.69) is 0 Å². The molecule has 0 aliphatic heterocycles. The average molecular weight is 235 g/mol. The minimum Gasteiger partial charge on any atom is -0.324 e. The number of halogens is 4. The van der Waals surface area contributed by atoms with E-state index >= 15 is 0 Å². The molecule has 0 spiro atoms. The lowest BCUT2D eigenvalue weighted by Gasteiger charge is -2.18. The van der Waals surface area contributed by atoms with Gasteiger partial charge in [-0.2, -0.15) is 13.2 Å². The molecule has 1 aromatic carbocycles. The summed E-state index contributed by atoms with van der Waals surface area (Å²) < 4.78 is 51.0. The molecule has 0 fully saturated rings. The highest BCUT2D eigenvalue weighted by Gasteiger charge is 2.37. The van der Waals surface area contributed by atoms with E-state index in [1.807, 2.05) is 6.92 Å². The molecule has 0 radical (unpaired) electrons. The highest BCUT2D eigenvalue weighted by Crippen LogP contribution is 2.36. The monoisotopic (exact) mass is 235 g/mol. The lowest BCUT2D eigenvalue weighted by molar-refractivity contribution is -0.140. The third-order valence-electron chi connectivity index (χ3n) is 2.33. The molecule has 5 heteroatoms. The summed E-state index contributed by atoms with van der Waals surface area (Å²) in [6.07, 6.45) is -3.66. The molecule has 0 aliphatic rings. The minimum absolute atomic E-state index is 0.172. The predicted octanol–water partition coefficient (Wildman–Crippen LogP) is 3.64. The zero-order valence-electron chi connectivity index (χ0n) is 8.81. The Morgan fingerprint density at radius 2 is 1.94 bits per heavy atom. The van der Waals surface area contributed by atoms with Gasteiger partial charge in [0.15, 0.2) is 0 Å². The molecule has 0 aromatic heterocycles. The normalized spacial score (nSPS) is 13.9. The van der Waals surface area contributed by atoms with Gasteiger partial charge in [-0.25, -0.2) is 4.39 Å². The van der Waals surface area contributed by atoms with Gasteiger partial charge >= 0.3 is 6.18 Å². The summed E-state index contributed by atoms with van der Waals surface area (Å²) in [6.45, 7) is 1.81. The first-order valence-electron chi connectivity index (χ1n) is 4.99. The first-order valence-corrected chi connectivity index (χ1v) is 4.99. The van der Waals surface area contributed by atoms with Crippen LogP contribution in [0.2, 0.25) is 0 Å². The molecule has 1 aromatic rings. The van der Waals surface area contributed by atoms with Crippen molar-refractivity contribution < 1.29 is 17.6 Å². The van der Waals surface area contributed by atoms with Crippen molar-refractivity contribution in [2.75, 3.05) is 0 Å². The van der Waals surface area contributed by atoms with Crippen LogP contribution in [-0.4, -0.2) is 0 Å². The van der Waals surface area contributed by atoms with Gasteiger partial charge in [-0.3, -0.25) is 0 Å². The van der Waals surface area contributed by atoms with E-state index in [1.165, 1.54) is 12.1 Å².